The van der Waals surface area contributed by atoms with Crippen LogP contribution in [0.1, 0.15) is 25.8 Å². The average Bonchev–Trinajstić information content (AvgIpc) is 2.86. The number of carbonyl (C=O) groups is 3. The van der Waals surface area contributed by atoms with Gasteiger partial charge in [0.05, 0.1) is 0 Å². The highest BCUT2D eigenvalue weighted by Crippen LogP contribution is 2.05. The Kier molecular flexibility index (Phi) is 5.04. The van der Waals surface area contributed by atoms with E-state index in [0.29, 0.717) is 0 Å². The molecule has 2 amide bonds. The first-order valence-corrected chi connectivity index (χ1v) is 5.72. The molecule has 0 saturated carbocycles. The summed E-state index contributed by atoms with van der Waals surface area (Å²) < 4.78 is 1.41. The van der Waals surface area contributed by atoms with Crippen LogP contribution in [0, 0.1) is 0 Å². The molecule has 2 atom stereocenters. The molecule has 1 aromatic rings. The van der Waals surface area contributed by atoms with Gasteiger partial charge in [-0.3, -0.25) is 14.3 Å². The summed E-state index contributed by atoms with van der Waals surface area (Å²) in [5.74, 6) is -2.30. The predicted octanol–water partition coefficient (Wildman–Crippen LogP) is -0.721. The van der Waals surface area contributed by atoms with Gasteiger partial charge in [-0.05, 0) is 19.4 Å². The zero-order valence-electron chi connectivity index (χ0n) is 10.4. The van der Waals surface area contributed by atoms with Gasteiger partial charge in [-0.25, -0.2) is 4.79 Å². The molecular formula is C11H16N4O4. The minimum absolute atomic E-state index is 0.0395. The van der Waals surface area contributed by atoms with E-state index in [1.807, 2.05) is 0 Å². The van der Waals surface area contributed by atoms with Crippen molar-refractivity contribution in [3.8, 4) is 0 Å². The summed E-state index contributed by atoms with van der Waals surface area (Å²) in [4.78, 5) is 33.5. The quantitative estimate of drug-likeness (QED) is 0.601. The second-order valence-electron chi connectivity index (χ2n) is 4.07. The van der Waals surface area contributed by atoms with Gasteiger partial charge < -0.3 is 16.2 Å². The van der Waals surface area contributed by atoms with E-state index < -0.39 is 29.9 Å². The fourth-order valence-corrected chi connectivity index (χ4v) is 1.47. The summed E-state index contributed by atoms with van der Waals surface area (Å²) in [6.45, 7) is 1.59. The van der Waals surface area contributed by atoms with E-state index in [0.717, 1.165) is 0 Å². The first-order chi connectivity index (χ1) is 8.91. The molecule has 0 fully saturated rings. The third-order valence-electron chi connectivity index (χ3n) is 2.60. The Morgan fingerprint density at radius 3 is 2.63 bits per heavy atom. The summed E-state index contributed by atoms with van der Waals surface area (Å²) in [5, 5.41) is 15.2. The van der Waals surface area contributed by atoms with Crippen LogP contribution in [-0.2, 0) is 14.4 Å². The lowest BCUT2D eigenvalue weighted by Crippen LogP contribution is -2.44. The first kappa shape index (κ1) is 14.7. The highest BCUT2D eigenvalue weighted by Gasteiger charge is 2.24. The molecule has 0 aliphatic heterocycles. The first-order valence-electron chi connectivity index (χ1n) is 5.72. The molecule has 1 unspecified atom stereocenters. The van der Waals surface area contributed by atoms with E-state index >= 15 is 0 Å². The van der Waals surface area contributed by atoms with Gasteiger partial charge in [-0.2, -0.15) is 5.10 Å². The number of aromatic nitrogens is 2. The molecule has 1 heterocycles. The number of aliphatic carboxylic acids is 1. The van der Waals surface area contributed by atoms with E-state index in [-0.39, 0.29) is 12.8 Å². The molecule has 104 valence electrons. The Hall–Kier alpha value is -2.38. The average molecular weight is 268 g/mol. The van der Waals surface area contributed by atoms with Crippen LogP contribution in [0.3, 0.4) is 0 Å². The molecule has 0 radical (unpaired) electrons. The molecule has 0 saturated heterocycles. The minimum atomic E-state index is -1.21. The van der Waals surface area contributed by atoms with Crippen LogP contribution in [0.15, 0.2) is 18.5 Å². The monoisotopic (exact) mass is 268 g/mol. The number of nitrogens with zero attached hydrogens (tertiary/aromatic N) is 2. The van der Waals surface area contributed by atoms with Gasteiger partial charge in [0, 0.05) is 18.8 Å². The Bertz CT molecular complexity index is 457. The lowest BCUT2D eigenvalue weighted by molar-refractivity contribution is -0.142. The number of primary amides is 1. The standard InChI is InChI=1S/C11H16N4O4/c1-7(15-6-2-5-13-15)10(17)14-8(11(18)19)3-4-9(12)16/h2,5-8H,3-4H2,1H3,(H2,12,16)(H,14,17)(H,18,19)/t7?,8-/m1/s1. The number of amides is 2. The van der Waals surface area contributed by atoms with Crippen molar-refractivity contribution in [1.82, 2.24) is 15.1 Å². The molecule has 0 aliphatic carbocycles. The second kappa shape index (κ2) is 6.53. The Balaban J connectivity index is 2.61. The zero-order chi connectivity index (χ0) is 14.4. The second-order valence-corrected chi connectivity index (χ2v) is 4.07. The SMILES string of the molecule is CC(C(=O)N[C@H](CCC(N)=O)C(=O)O)n1cccn1. The van der Waals surface area contributed by atoms with Gasteiger partial charge in [0.25, 0.3) is 0 Å². The largest absolute Gasteiger partial charge is 0.480 e. The highest BCUT2D eigenvalue weighted by molar-refractivity contribution is 5.86. The number of rotatable bonds is 7. The van der Waals surface area contributed by atoms with Crippen LogP contribution in [0.2, 0.25) is 0 Å². The molecule has 1 aromatic heterocycles. The number of nitrogens with two attached hydrogens (primary N) is 1. The summed E-state index contributed by atoms with van der Waals surface area (Å²) in [5.41, 5.74) is 4.95. The smallest absolute Gasteiger partial charge is 0.326 e. The van der Waals surface area contributed by atoms with Gasteiger partial charge in [0.2, 0.25) is 11.8 Å². The van der Waals surface area contributed by atoms with Gasteiger partial charge >= 0.3 is 5.97 Å². The maximum absolute atomic E-state index is 11.8. The summed E-state index contributed by atoms with van der Waals surface area (Å²) >= 11 is 0. The zero-order valence-corrected chi connectivity index (χ0v) is 10.4. The molecule has 1 rings (SSSR count). The third kappa shape index (κ3) is 4.41. The maximum atomic E-state index is 11.8. The van der Waals surface area contributed by atoms with Gasteiger partial charge in [-0.1, -0.05) is 0 Å². The number of carbonyl (C=O) groups excluding carboxylic acids is 2. The molecular weight excluding hydrogens is 252 g/mol. The van der Waals surface area contributed by atoms with E-state index in [1.54, 1.807) is 19.2 Å². The van der Waals surface area contributed by atoms with Crippen LogP contribution < -0.4 is 11.1 Å². The molecule has 19 heavy (non-hydrogen) atoms. The van der Waals surface area contributed by atoms with Crippen LogP contribution >= 0.6 is 0 Å². The van der Waals surface area contributed by atoms with Crippen molar-refractivity contribution in [2.75, 3.05) is 0 Å². The van der Waals surface area contributed by atoms with E-state index in [1.165, 1.54) is 10.9 Å². The van der Waals surface area contributed by atoms with Gasteiger partial charge in [-0.15, -0.1) is 0 Å². The summed E-state index contributed by atoms with van der Waals surface area (Å²) in [7, 11) is 0. The molecule has 0 spiro atoms. The lowest BCUT2D eigenvalue weighted by atomic mass is 10.1. The normalized spacial score (nSPS) is 13.5. The van der Waals surface area contributed by atoms with Gasteiger partial charge in [0.1, 0.15) is 12.1 Å². The minimum Gasteiger partial charge on any atom is -0.480 e. The van der Waals surface area contributed by atoms with Crippen molar-refractivity contribution in [3.63, 3.8) is 0 Å². The van der Waals surface area contributed by atoms with Crippen molar-refractivity contribution in [2.45, 2.75) is 31.8 Å². The molecule has 0 bridgehead atoms. The summed E-state index contributed by atoms with van der Waals surface area (Å²) in [6, 6.07) is -0.116. The Labute approximate surface area is 109 Å². The van der Waals surface area contributed by atoms with Crippen molar-refractivity contribution in [3.05, 3.63) is 18.5 Å². The van der Waals surface area contributed by atoms with Crippen LogP contribution in [0.5, 0.6) is 0 Å². The van der Waals surface area contributed by atoms with E-state index in [9.17, 15) is 14.4 Å². The highest BCUT2D eigenvalue weighted by atomic mass is 16.4. The van der Waals surface area contributed by atoms with Crippen LogP contribution in [-0.4, -0.2) is 38.7 Å². The Morgan fingerprint density at radius 2 is 2.16 bits per heavy atom. The molecule has 0 aliphatic rings. The number of carboxylic acid groups (broad SMARTS) is 1. The van der Waals surface area contributed by atoms with Crippen molar-refractivity contribution in [2.24, 2.45) is 5.73 Å². The molecule has 8 nitrogen and oxygen atoms in total. The van der Waals surface area contributed by atoms with Gasteiger partial charge in [0.15, 0.2) is 0 Å². The summed E-state index contributed by atoms with van der Waals surface area (Å²) in [6.07, 6.45) is 2.98. The maximum Gasteiger partial charge on any atom is 0.326 e. The van der Waals surface area contributed by atoms with Crippen LogP contribution in [0.25, 0.3) is 0 Å². The topological polar surface area (TPSA) is 127 Å². The third-order valence-corrected chi connectivity index (χ3v) is 2.60. The number of hydrogen-bond donors (Lipinski definition) is 3. The van der Waals surface area contributed by atoms with Crippen molar-refractivity contribution >= 4 is 17.8 Å². The lowest BCUT2D eigenvalue weighted by Gasteiger charge is -2.17. The Morgan fingerprint density at radius 1 is 1.47 bits per heavy atom. The van der Waals surface area contributed by atoms with E-state index in [4.69, 9.17) is 10.8 Å². The number of carboxylic acids is 1. The number of nitrogens with one attached hydrogen (secondary N) is 1. The predicted molar refractivity (Wildman–Crippen MR) is 64.9 cm³/mol. The fraction of sp³-hybridized carbons (Fsp3) is 0.455. The number of hydrogen-bond acceptors (Lipinski definition) is 4. The van der Waals surface area contributed by atoms with Crippen LogP contribution in [0.4, 0.5) is 0 Å². The van der Waals surface area contributed by atoms with Crippen molar-refractivity contribution in [1.29, 1.82) is 0 Å². The van der Waals surface area contributed by atoms with Crippen molar-refractivity contribution < 1.29 is 19.5 Å². The van der Waals surface area contributed by atoms with E-state index in [2.05, 4.69) is 10.4 Å². The fourth-order valence-electron chi connectivity index (χ4n) is 1.47. The molecule has 0 aromatic carbocycles. The molecule has 4 N–H and O–H groups in total. The molecule has 8 heteroatoms.